The van der Waals surface area contributed by atoms with E-state index in [2.05, 4.69) is 23.2 Å². The van der Waals surface area contributed by atoms with Gasteiger partial charge in [-0.05, 0) is 12.5 Å². The molecule has 5 nitrogen and oxygen atoms in total. The van der Waals surface area contributed by atoms with Crippen molar-refractivity contribution in [3.05, 3.63) is 25.3 Å². The van der Waals surface area contributed by atoms with E-state index in [1.807, 2.05) is 6.92 Å². The fourth-order valence-corrected chi connectivity index (χ4v) is 0.526. The van der Waals surface area contributed by atoms with Crippen LogP contribution >= 0.6 is 0 Å². The van der Waals surface area contributed by atoms with Gasteiger partial charge in [-0.25, -0.2) is 4.79 Å². The van der Waals surface area contributed by atoms with Crippen molar-refractivity contribution in [1.82, 2.24) is 5.32 Å². The van der Waals surface area contributed by atoms with Gasteiger partial charge in [-0.3, -0.25) is 4.79 Å². The average molecular weight is 229 g/mol. The zero-order valence-electron chi connectivity index (χ0n) is 9.57. The van der Waals surface area contributed by atoms with Crippen molar-refractivity contribution in [1.29, 1.82) is 0 Å². The molecule has 0 radical (unpaired) electrons. The second kappa shape index (κ2) is 13.4. The molecule has 0 aliphatic carbocycles. The molecule has 0 heterocycles. The maximum atomic E-state index is 10.3. The van der Waals surface area contributed by atoms with Gasteiger partial charge >= 0.3 is 5.97 Å². The third-order valence-corrected chi connectivity index (χ3v) is 1.35. The topological polar surface area (TPSA) is 75.6 Å². The minimum Gasteiger partial charge on any atom is -0.463 e. The predicted molar refractivity (Wildman–Crippen MR) is 61.5 cm³/mol. The predicted octanol–water partition coefficient (Wildman–Crippen LogP) is 0.754. The second-order valence-corrected chi connectivity index (χ2v) is 2.63. The quantitative estimate of drug-likeness (QED) is 0.305. The molecule has 0 fully saturated rings. The summed E-state index contributed by atoms with van der Waals surface area (Å²) in [4.78, 5) is 20.4. The van der Waals surface area contributed by atoms with Gasteiger partial charge in [0, 0.05) is 6.08 Å². The van der Waals surface area contributed by atoms with Crippen LogP contribution in [0.25, 0.3) is 0 Å². The lowest BCUT2D eigenvalue weighted by molar-refractivity contribution is -0.137. The Kier molecular flexibility index (Phi) is 14.0. The Labute approximate surface area is 95.8 Å². The number of ether oxygens (including phenoxy) is 1. The van der Waals surface area contributed by atoms with E-state index < -0.39 is 0 Å². The minimum absolute atomic E-state index is 0.329. The lowest BCUT2D eigenvalue weighted by Crippen LogP contribution is -2.20. The summed E-state index contributed by atoms with van der Waals surface area (Å²) < 4.78 is 4.67. The summed E-state index contributed by atoms with van der Waals surface area (Å²) in [6, 6.07) is 0. The number of rotatable bonds is 6. The van der Waals surface area contributed by atoms with E-state index in [9.17, 15) is 9.59 Å². The van der Waals surface area contributed by atoms with Gasteiger partial charge in [0.1, 0.15) is 6.73 Å². The molecular formula is C11H19NO4. The van der Waals surface area contributed by atoms with Crippen molar-refractivity contribution in [2.24, 2.45) is 0 Å². The highest BCUT2D eigenvalue weighted by atomic mass is 16.5. The zero-order valence-corrected chi connectivity index (χ0v) is 9.57. The molecule has 0 rings (SSSR count). The van der Waals surface area contributed by atoms with Gasteiger partial charge in [0.15, 0.2) is 0 Å². The molecule has 0 atom stereocenters. The number of unbranched alkanes of at least 4 members (excludes halogenated alkanes) is 1. The molecule has 92 valence electrons. The number of aliphatic hydroxyl groups excluding tert-OH is 1. The summed E-state index contributed by atoms with van der Waals surface area (Å²) in [7, 11) is 0. The van der Waals surface area contributed by atoms with E-state index in [1.54, 1.807) is 0 Å². The Hall–Kier alpha value is -1.62. The number of hydrogen-bond acceptors (Lipinski definition) is 4. The Balaban J connectivity index is 0. The molecule has 0 aromatic rings. The van der Waals surface area contributed by atoms with Crippen molar-refractivity contribution >= 4 is 11.9 Å². The van der Waals surface area contributed by atoms with Crippen molar-refractivity contribution in [2.45, 2.75) is 19.8 Å². The van der Waals surface area contributed by atoms with Crippen LogP contribution in [0.5, 0.6) is 0 Å². The Morgan fingerprint density at radius 1 is 1.38 bits per heavy atom. The molecule has 16 heavy (non-hydrogen) atoms. The van der Waals surface area contributed by atoms with E-state index in [0.717, 1.165) is 18.9 Å². The number of amides is 1. The van der Waals surface area contributed by atoms with Crippen molar-refractivity contribution < 1.29 is 19.4 Å². The van der Waals surface area contributed by atoms with Crippen molar-refractivity contribution in [3.8, 4) is 0 Å². The van der Waals surface area contributed by atoms with Gasteiger partial charge in [0.25, 0.3) is 0 Å². The first-order valence-electron chi connectivity index (χ1n) is 4.92. The number of aliphatic hydroxyl groups is 1. The first kappa shape index (κ1) is 16.8. The summed E-state index contributed by atoms with van der Waals surface area (Å²) in [6.45, 7) is 8.65. The number of hydrogen-bond donors (Lipinski definition) is 2. The maximum absolute atomic E-state index is 10.3. The van der Waals surface area contributed by atoms with E-state index >= 15 is 0 Å². The molecule has 0 aliphatic rings. The maximum Gasteiger partial charge on any atom is 0.330 e. The lowest BCUT2D eigenvalue weighted by Gasteiger charge is -1.97. The minimum atomic E-state index is -0.359. The van der Waals surface area contributed by atoms with E-state index in [4.69, 9.17) is 5.11 Å². The highest BCUT2D eigenvalue weighted by Crippen LogP contribution is 1.88. The Morgan fingerprint density at radius 3 is 2.31 bits per heavy atom. The molecule has 0 unspecified atom stereocenters. The lowest BCUT2D eigenvalue weighted by atomic mass is 10.4. The van der Waals surface area contributed by atoms with Crippen LogP contribution in [0.15, 0.2) is 25.3 Å². The van der Waals surface area contributed by atoms with E-state index in [1.165, 1.54) is 6.08 Å². The summed E-state index contributed by atoms with van der Waals surface area (Å²) in [5, 5.41) is 10.1. The molecule has 1 amide bonds. The molecule has 0 spiro atoms. The molecule has 0 bridgehead atoms. The largest absolute Gasteiger partial charge is 0.463 e. The van der Waals surface area contributed by atoms with Crippen LogP contribution < -0.4 is 5.32 Å². The van der Waals surface area contributed by atoms with Crippen molar-refractivity contribution in [2.75, 3.05) is 13.3 Å². The molecular weight excluding hydrogens is 210 g/mol. The van der Waals surface area contributed by atoms with Gasteiger partial charge in [0.2, 0.25) is 5.91 Å². The monoisotopic (exact) mass is 229 g/mol. The van der Waals surface area contributed by atoms with Gasteiger partial charge in [-0.2, -0.15) is 0 Å². The van der Waals surface area contributed by atoms with Crippen LogP contribution in [0.3, 0.4) is 0 Å². The second-order valence-electron chi connectivity index (χ2n) is 2.63. The van der Waals surface area contributed by atoms with E-state index in [-0.39, 0.29) is 18.6 Å². The van der Waals surface area contributed by atoms with Crippen LogP contribution in [-0.4, -0.2) is 30.3 Å². The molecule has 0 aromatic heterocycles. The van der Waals surface area contributed by atoms with Crippen LogP contribution in [0, 0.1) is 0 Å². The molecule has 5 heteroatoms. The standard InChI is InChI=1S/C7H12O2.C4H7NO2/c1-3-5-6-9-7(8)4-2;1-2-4(7)5-3-6/h4H,2-3,5-6H2,1H3;2,6H,1,3H2,(H,5,7). The Morgan fingerprint density at radius 2 is 2.00 bits per heavy atom. The smallest absolute Gasteiger partial charge is 0.330 e. The third kappa shape index (κ3) is 14.9. The normalized spacial score (nSPS) is 8.12. The third-order valence-electron chi connectivity index (χ3n) is 1.35. The summed E-state index contributed by atoms with van der Waals surface area (Å²) in [5.41, 5.74) is 0. The van der Waals surface area contributed by atoms with Crippen molar-refractivity contribution in [3.63, 3.8) is 0 Å². The molecule has 0 aliphatic heterocycles. The SMILES string of the molecule is C=CC(=O)NCO.C=CC(=O)OCCCC. The first-order chi connectivity index (χ1) is 7.62. The zero-order chi connectivity index (χ0) is 12.8. The fraction of sp³-hybridized carbons (Fsp3) is 0.455. The number of esters is 1. The number of nitrogens with one attached hydrogen (secondary N) is 1. The number of carbonyl (C=O) groups is 2. The summed E-state index contributed by atoms with van der Waals surface area (Å²) in [6.07, 6.45) is 4.25. The molecule has 0 saturated heterocycles. The highest BCUT2D eigenvalue weighted by molar-refractivity contribution is 5.86. The first-order valence-corrected chi connectivity index (χ1v) is 4.92. The fourth-order valence-electron chi connectivity index (χ4n) is 0.526. The number of carbonyl (C=O) groups excluding carboxylic acids is 2. The van der Waals surface area contributed by atoms with Gasteiger partial charge in [-0.15, -0.1) is 0 Å². The summed E-state index contributed by atoms with van der Waals surface area (Å²) in [5.74, 6) is -0.689. The van der Waals surface area contributed by atoms with Gasteiger partial charge in [-0.1, -0.05) is 26.5 Å². The molecule has 0 saturated carbocycles. The average Bonchev–Trinajstić information content (AvgIpc) is 2.30. The molecule has 2 N–H and O–H groups in total. The van der Waals surface area contributed by atoms with Gasteiger partial charge < -0.3 is 15.2 Å². The van der Waals surface area contributed by atoms with Crippen LogP contribution in [0.4, 0.5) is 0 Å². The van der Waals surface area contributed by atoms with Crippen LogP contribution in [0.1, 0.15) is 19.8 Å². The van der Waals surface area contributed by atoms with E-state index in [0.29, 0.717) is 6.61 Å². The molecule has 0 aromatic carbocycles. The van der Waals surface area contributed by atoms with Crippen LogP contribution in [0.2, 0.25) is 0 Å². The summed E-state index contributed by atoms with van der Waals surface area (Å²) >= 11 is 0. The Bertz CT molecular complexity index is 226. The highest BCUT2D eigenvalue weighted by Gasteiger charge is 1.91. The van der Waals surface area contributed by atoms with Crippen LogP contribution in [-0.2, 0) is 14.3 Å². The van der Waals surface area contributed by atoms with Gasteiger partial charge in [0.05, 0.1) is 6.61 Å².